The molecule has 1 heterocycles. The summed E-state index contributed by atoms with van der Waals surface area (Å²) in [7, 11) is 0. The van der Waals surface area contributed by atoms with E-state index >= 15 is 0 Å². The van der Waals surface area contributed by atoms with Gasteiger partial charge in [-0.05, 0) is 38.6 Å². The molecule has 2 atom stereocenters. The lowest BCUT2D eigenvalue weighted by atomic mass is 10.0. The first-order valence-corrected chi connectivity index (χ1v) is 7.26. The molecule has 0 radical (unpaired) electrons. The zero-order chi connectivity index (χ0) is 14.7. The first kappa shape index (κ1) is 14.8. The lowest BCUT2D eigenvalue weighted by Gasteiger charge is -2.20. The second-order valence-corrected chi connectivity index (χ2v) is 5.44. The van der Waals surface area contributed by atoms with Crippen molar-refractivity contribution in [2.45, 2.75) is 52.1 Å². The summed E-state index contributed by atoms with van der Waals surface area (Å²) in [4.78, 5) is 10.9. The summed E-state index contributed by atoms with van der Waals surface area (Å²) in [5.74, 6) is 0.930. The van der Waals surface area contributed by atoms with E-state index in [0.29, 0.717) is 30.5 Å². The molecule has 0 saturated heterocycles. The molecule has 112 valence electrons. The highest BCUT2D eigenvalue weighted by Crippen LogP contribution is 2.33. The molecule has 1 aromatic heterocycles. The van der Waals surface area contributed by atoms with Gasteiger partial charge in [-0.15, -0.1) is 0 Å². The first-order chi connectivity index (χ1) is 9.58. The van der Waals surface area contributed by atoms with E-state index < -0.39 is 0 Å². The summed E-state index contributed by atoms with van der Waals surface area (Å²) in [5, 5.41) is 18.9. The van der Waals surface area contributed by atoms with Gasteiger partial charge in [0.2, 0.25) is 5.82 Å². The van der Waals surface area contributed by atoms with E-state index in [4.69, 9.17) is 5.73 Å². The van der Waals surface area contributed by atoms with Crippen LogP contribution in [0.4, 0.5) is 11.5 Å². The highest BCUT2D eigenvalue weighted by molar-refractivity contribution is 5.60. The zero-order valence-corrected chi connectivity index (χ0v) is 12.1. The first-order valence-electron chi connectivity index (χ1n) is 7.26. The summed E-state index contributed by atoms with van der Waals surface area (Å²) in [6.45, 7) is 5.01. The molecule has 1 aliphatic carbocycles. The second kappa shape index (κ2) is 6.21. The minimum Gasteiger partial charge on any atom is -0.361 e. The topological polar surface area (TPSA) is 99.0 Å². The SMILES string of the molecule is CCCn1nc(C)c([N+](=O)[O-])c1NC1CCCC1CN. The molecule has 7 heteroatoms. The number of nitrogens with two attached hydrogens (primary N) is 1. The van der Waals surface area contributed by atoms with Crippen LogP contribution in [-0.4, -0.2) is 27.3 Å². The average Bonchev–Trinajstić information content (AvgIpc) is 2.95. The van der Waals surface area contributed by atoms with Crippen molar-refractivity contribution in [3.05, 3.63) is 15.8 Å². The molecule has 2 unspecified atom stereocenters. The van der Waals surface area contributed by atoms with Gasteiger partial charge in [0.25, 0.3) is 0 Å². The van der Waals surface area contributed by atoms with Crippen LogP contribution in [0.5, 0.6) is 0 Å². The Morgan fingerprint density at radius 1 is 1.55 bits per heavy atom. The van der Waals surface area contributed by atoms with Crippen LogP contribution >= 0.6 is 0 Å². The second-order valence-electron chi connectivity index (χ2n) is 5.44. The van der Waals surface area contributed by atoms with E-state index in [2.05, 4.69) is 10.4 Å². The fourth-order valence-corrected chi connectivity index (χ4v) is 2.99. The third-order valence-corrected chi connectivity index (χ3v) is 4.00. The maximum Gasteiger partial charge on any atom is 0.333 e. The lowest BCUT2D eigenvalue weighted by Crippen LogP contribution is -2.30. The largest absolute Gasteiger partial charge is 0.361 e. The maximum absolute atomic E-state index is 11.3. The minimum atomic E-state index is -0.344. The van der Waals surface area contributed by atoms with E-state index in [1.165, 1.54) is 0 Å². The summed E-state index contributed by atoms with van der Waals surface area (Å²) in [6.07, 6.45) is 4.10. The highest BCUT2D eigenvalue weighted by Gasteiger charge is 2.31. The molecule has 0 aliphatic heterocycles. The fraction of sp³-hybridized carbons (Fsp3) is 0.769. The van der Waals surface area contributed by atoms with E-state index in [9.17, 15) is 10.1 Å². The Bertz CT molecular complexity index is 485. The number of hydrogen-bond acceptors (Lipinski definition) is 5. The summed E-state index contributed by atoms with van der Waals surface area (Å²) in [6, 6.07) is 0.213. The monoisotopic (exact) mass is 281 g/mol. The van der Waals surface area contributed by atoms with Gasteiger partial charge in [0.1, 0.15) is 5.69 Å². The van der Waals surface area contributed by atoms with Crippen molar-refractivity contribution >= 4 is 11.5 Å². The number of anilines is 1. The molecule has 7 nitrogen and oxygen atoms in total. The molecule has 1 aliphatic rings. The Balaban J connectivity index is 2.30. The molecule has 0 spiro atoms. The van der Waals surface area contributed by atoms with Gasteiger partial charge in [0.15, 0.2) is 0 Å². The normalized spacial score (nSPS) is 22.1. The number of nitrogens with one attached hydrogen (secondary N) is 1. The number of aryl methyl sites for hydroxylation is 2. The molecule has 20 heavy (non-hydrogen) atoms. The van der Waals surface area contributed by atoms with Crippen molar-refractivity contribution in [1.29, 1.82) is 0 Å². The Morgan fingerprint density at radius 3 is 2.90 bits per heavy atom. The summed E-state index contributed by atoms with van der Waals surface area (Å²) < 4.78 is 1.72. The third kappa shape index (κ3) is 2.77. The number of rotatable bonds is 6. The average molecular weight is 281 g/mol. The van der Waals surface area contributed by atoms with Gasteiger partial charge in [-0.1, -0.05) is 13.3 Å². The molecule has 0 amide bonds. The Hall–Kier alpha value is -1.63. The van der Waals surface area contributed by atoms with Crippen LogP contribution in [0.25, 0.3) is 0 Å². The van der Waals surface area contributed by atoms with Crippen molar-refractivity contribution in [2.75, 3.05) is 11.9 Å². The molecular formula is C13H23N5O2. The molecule has 0 bridgehead atoms. The molecule has 3 N–H and O–H groups in total. The molecule has 1 aromatic rings. The van der Waals surface area contributed by atoms with Crippen LogP contribution in [-0.2, 0) is 6.54 Å². The Kier molecular flexibility index (Phi) is 4.59. The van der Waals surface area contributed by atoms with Crippen LogP contribution in [0, 0.1) is 23.0 Å². The van der Waals surface area contributed by atoms with Crippen LogP contribution in [0.2, 0.25) is 0 Å². The molecule has 1 fully saturated rings. The lowest BCUT2D eigenvalue weighted by molar-refractivity contribution is -0.384. The minimum absolute atomic E-state index is 0.0983. The number of aromatic nitrogens is 2. The van der Waals surface area contributed by atoms with Gasteiger partial charge in [-0.25, -0.2) is 4.68 Å². The molecule has 2 rings (SSSR count). The van der Waals surface area contributed by atoms with Crippen LogP contribution in [0.1, 0.15) is 38.3 Å². The van der Waals surface area contributed by atoms with E-state index in [0.717, 1.165) is 25.7 Å². The van der Waals surface area contributed by atoms with E-state index in [-0.39, 0.29) is 16.7 Å². The molecule has 0 aromatic carbocycles. The van der Waals surface area contributed by atoms with Crippen LogP contribution < -0.4 is 11.1 Å². The smallest absolute Gasteiger partial charge is 0.333 e. The predicted octanol–water partition coefficient (Wildman–Crippen LogP) is 2.05. The van der Waals surface area contributed by atoms with Gasteiger partial charge >= 0.3 is 5.69 Å². The summed E-state index contributed by atoms with van der Waals surface area (Å²) >= 11 is 0. The number of nitrogens with zero attached hydrogens (tertiary/aromatic N) is 3. The van der Waals surface area contributed by atoms with E-state index in [1.807, 2.05) is 6.92 Å². The number of hydrogen-bond donors (Lipinski definition) is 2. The van der Waals surface area contributed by atoms with Gasteiger partial charge in [0, 0.05) is 12.6 Å². The highest BCUT2D eigenvalue weighted by atomic mass is 16.6. The molecular weight excluding hydrogens is 258 g/mol. The Labute approximate surface area is 118 Å². The molecule has 1 saturated carbocycles. The fourth-order valence-electron chi connectivity index (χ4n) is 2.99. The summed E-state index contributed by atoms with van der Waals surface area (Å²) in [5.41, 5.74) is 6.35. The van der Waals surface area contributed by atoms with Crippen LogP contribution in [0.3, 0.4) is 0 Å². The standard InChI is InChI=1S/C13H23N5O2/c1-3-7-17-13(12(18(19)20)9(2)16-17)15-11-6-4-5-10(11)8-14/h10-11,15H,3-8,14H2,1-2H3. The van der Waals surface area contributed by atoms with Crippen molar-refractivity contribution in [2.24, 2.45) is 11.7 Å². The van der Waals surface area contributed by atoms with Gasteiger partial charge in [-0.2, -0.15) is 5.10 Å². The van der Waals surface area contributed by atoms with Crippen molar-refractivity contribution in [3.63, 3.8) is 0 Å². The van der Waals surface area contributed by atoms with Crippen LogP contribution in [0.15, 0.2) is 0 Å². The van der Waals surface area contributed by atoms with Gasteiger partial charge < -0.3 is 11.1 Å². The predicted molar refractivity (Wildman–Crippen MR) is 77.7 cm³/mol. The van der Waals surface area contributed by atoms with Crippen molar-refractivity contribution in [1.82, 2.24) is 9.78 Å². The van der Waals surface area contributed by atoms with Crippen molar-refractivity contribution < 1.29 is 4.92 Å². The van der Waals surface area contributed by atoms with E-state index in [1.54, 1.807) is 11.6 Å². The van der Waals surface area contributed by atoms with Gasteiger partial charge in [0.05, 0.1) is 4.92 Å². The zero-order valence-electron chi connectivity index (χ0n) is 12.1. The Morgan fingerprint density at radius 2 is 2.30 bits per heavy atom. The van der Waals surface area contributed by atoms with Crippen molar-refractivity contribution in [3.8, 4) is 0 Å². The maximum atomic E-state index is 11.3. The quantitative estimate of drug-likeness (QED) is 0.614. The third-order valence-electron chi connectivity index (χ3n) is 4.00. The van der Waals surface area contributed by atoms with Gasteiger partial charge in [-0.3, -0.25) is 10.1 Å². The number of nitro groups is 1.